The number of hydrogen-bond acceptors (Lipinski definition) is 4. The number of aromatic nitrogens is 2. The second kappa shape index (κ2) is 7.44. The van der Waals surface area contributed by atoms with E-state index >= 15 is 0 Å². The average Bonchev–Trinajstić information content (AvgIpc) is 3.41. The monoisotopic (exact) mass is 393 g/mol. The molecular weight excluding hydrogens is 366 g/mol. The van der Waals surface area contributed by atoms with Crippen LogP contribution in [0.15, 0.2) is 28.6 Å². The van der Waals surface area contributed by atoms with Crippen molar-refractivity contribution in [1.82, 2.24) is 14.1 Å². The topological polar surface area (TPSA) is 55.2 Å². The first-order valence-electron chi connectivity index (χ1n) is 9.68. The predicted octanol–water partition coefficient (Wildman–Crippen LogP) is 4.68. The van der Waals surface area contributed by atoms with Gasteiger partial charge in [0.25, 0.3) is 0 Å². The summed E-state index contributed by atoms with van der Waals surface area (Å²) in [5.41, 5.74) is 0.620. The Balaban J connectivity index is 1.73. The number of hydrogen-bond donors (Lipinski definition) is 0. The molecule has 142 valence electrons. The highest BCUT2D eigenvalue weighted by molar-refractivity contribution is 7.89. The van der Waals surface area contributed by atoms with Gasteiger partial charge >= 0.3 is 0 Å². The van der Waals surface area contributed by atoms with E-state index < -0.39 is 10.0 Å². The van der Waals surface area contributed by atoms with E-state index in [1.165, 1.54) is 19.3 Å². The van der Waals surface area contributed by atoms with Crippen LogP contribution in [0.3, 0.4) is 0 Å². The van der Waals surface area contributed by atoms with E-state index in [-0.39, 0.29) is 6.04 Å². The Kier molecular flexibility index (Phi) is 5.21. The van der Waals surface area contributed by atoms with Crippen LogP contribution in [-0.2, 0) is 10.0 Å². The molecule has 2 heterocycles. The zero-order chi connectivity index (χ0) is 18.1. The minimum Gasteiger partial charge on any atom is -0.268 e. The molecule has 0 unspecified atom stereocenters. The summed E-state index contributed by atoms with van der Waals surface area (Å²) in [7, 11) is -1.80. The summed E-state index contributed by atoms with van der Waals surface area (Å²) in [6.07, 6.45) is 11.7. The van der Waals surface area contributed by atoms with Gasteiger partial charge in [0.1, 0.15) is 10.6 Å². The number of thiophene rings is 1. The summed E-state index contributed by atoms with van der Waals surface area (Å²) < 4.78 is 30.4. The fraction of sp³-hybridized carbons (Fsp3) is 0.632. The molecule has 2 aromatic heterocycles. The molecule has 0 spiro atoms. The molecule has 5 nitrogen and oxygen atoms in total. The van der Waals surface area contributed by atoms with Gasteiger partial charge in [-0.25, -0.2) is 8.42 Å². The van der Waals surface area contributed by atoms with Crippen LogP contribution in [0.5, 0.6) is 0 Å². The molecule has 2 aliphatic carbocycles. The van der Waals surface area contributed by atoms with Gasteiger partial charge in [0.15, 0.2) is 0 Å². The lowest BCUT2D eigenvalue weighted by Gasteiger charge is -2.30. The van der Waals surface area contributed by atoms with Gasteiger partial charge in [0, 0.05) is 19.3 Å². The summed E-state index contributed by atoms with van der Waals surface area (Å²) >= 11 is 1.55. The van der Waals surface area contributed by atoms with E-state index in [1.54, 1.807) is 28.9 Å². The van der Waals surface area contributed by atoms with Crippen LogP contribution >= 0.6 is 11.3 Å². The quantitative estimate of drug-likeness (QED) is 0.741. The molecule has 2 aliphatic rings. The molecule has 2 saturated carbocycles. The first kappa shape index (κ1) is 18.2. The molecule has 0 atom stereocenters. The lowest BCUT2D eigenvalue weighted by atomic mass is 9.96. The van der Waals surface area contributed by atoms with Crippen molar-refractivity contribution >= 4 is 21.4 Å². The van der Waals surface area contributed by atoms with Gasteiger partial charge in [-0.05, 0) is 37.1 Å². The summed E-state index contributed by atoms with van der Waals surface area (Å²) in [6.45, 7) is 0. The normalized spacial score (nSPS) is 20.2. The Morgan fingerprint density at radius 3 is 2.46 bits per heavy atom. The Morgan fingerprint density at radius 1 is 1.12 bits per heavy atom. The summed E-state index contributed by atoms with van der Waals surface area (Å²) in [5.74, 6) is 0. The fourth-order valence-corrected chi connectivity index (χ4v) is 6.64. The summed E-state index contributed by atoms with van der Waals surface area (Å²) in [5, 5.41) is 6.73. The zero-order valence-electron chi connectivity index (χ0n) is 15.3. The molecule has 2 fully saturated rings. The van der Waals surface area contributed by atoms with Gasteiger partial charge in [0.2, 0.25) is 10.0 Å². The van der Waals surface area contributed by atoms with Gasteiger partial charge in [-0.3, -0.25) is 4.68 Å². The van der Waals surface area contributed by atoms with Crippen molar-refractivity contribution < 1.29 is 8.42 Å². The molecule has 0 amide bonds. The maximum atomic E-state index is 13.5. The second-order valence-corrected chi connectivity index (χ2v) is 10.5. The highest BCUT2D eigenvalue weighted by Gasteiger charge is 2.34. The van der Waals surface area contributed by atoms with Gasteiger partial charge in [-0.15, -0.1) is 11.3 Å². The molecule has 0 radical (unpaired) electrons. The fourth-order valence-electron chi connectivity index (χ4n) is 4.30. The second-order valence-electron chi connectivity index (χ2n) is 7.55. The van der Waals surface area contributed by atoms with Crippen LogP contribution in [0.1, 0.15) is 63.8 Å². The number of nitrogens with zero attached hydrogens (tertiary/aromatic N) is 3. The predicted molar refractivity (Wildman–Crippen MR) is 105 cm³/mol. The molecule has 0 aliphatic heterocycles. The Bertz CT molecular complexity index is 830. The first-order valence-corrected chi connectivity index (χ1v) is 12.0. The van der Waals surface area contributed by atoms with Crippen molar-refractivity contribution in [2.24, 2.45) is 0 Å². The SMILES string of the molecule is CN(C1CCCCC1)S(=O)(=O)c1cn(C2CCCC2)nc1-c1cccs1. The van der Waals surface area contributed by atoms with Crippen molar-refractivity contribution in [3.63, 3.8) is 0 Å². The van der Waals surface area contributed by atoms with Gasteiger partial charge in [0.05, 0.1) is 10.9 Å². The van der Waals surface area contributed by atoms with E-state index in [4.69, 9.17) is 5.10 Å². The Morgan fingerprint density at radius 2 is 1.81 bits per heavy atom. The van der Waals surface area contributed by atoms with Crippen molar-refractivity contribution in [1.29, 1.82) is 0 Å². The minimum atomic E-state index is -3.55. The molecule has 0 aromatic carbocycles. The maximum Gasteiger partial charge on any atom is 0.246 e. The van der Waals surface area contributed by atoms with Crippen molar-refractivity contribution in [3.8, 4) is 10.6 Å². The van der Waals surface area contributed by atoms with Crippen LogP contribution in [0, 0.1) is 0 Å². The van der Waals surface area contributed by atoms with Crippen molar-refractivity contribution in [2.75, 3.05) is 7.05 Å². The van der Waals surface area contributed by atoms with Gasteiger partial charge in [-0.1, -0.05) is 38.2 Å². The van der Waals surface area contributed by atoms with Crippen LogP contribution in [0.2, 0.25) is 0 Å². The van der Waals surface area contributed by atoms with Gasteiger partial charge in [-0.2, -0.15) is 9.40 Å². The largest absolute Gasteiger partial charge is 0.268 e. The van der Waals surface area contributed by atoms with Crippen molar-refractivity contribution in [3.05, 3.63) is 23.7 Å². The summed E-state index contributed by atoms with van der Waals surface area (Å²) in [4.78, 5) is 1.30. The third-order valence-corrected chi connectivity index (χ3v) is 8.69. The van der Waals surface area contributed by atoms with E-state index in [9.17, 15) is 8.42 Å². The molecule has 0 saturated heterocycles. The summed E-state index contributed by atoms with van der Waals surface area (Å²) in [6, 6.07) is 4.36. The third kappa shape index (κ3) is 3.37. The van der Waals surface area contributed by atoms with Crippen LogP contribution in [0.25, 0.3) is 10.6 Å². The molecular formula is C19H27N3O2S2. The lowest BCUT2D eigenvalue weighted by molar-refractivity contribution is 0.286. The smallest absolute Gasteiger partial charge is 0.246 e. The number of rotatable bonds is 5. The van der Waals surface area contributed by atoms with Crippen LogP contribution in [-0.4, -0.2) is 35.6 Å². The maximum absolute atomic E-state index is 13.5. The van der Waals surface area contributed by atoms with E-state index in [2.05, 4.69) is 0 Å². The van der Waals surface area contributed by atoms with Crippen LogP contribution < -0.4 is 0 Å². The molecule has 0 N–H and O–H groups in total. The molecule has 26 heavy (non-hydrogen) atoms. The molecule has 7 heteroatoms. The standard InChI is InChI=1S/C19H27N3O2S2/c1-21(15-8-3-2-4-9-15)26(23,24)18-14-22(16-10-5-6-11-16)20-19(18)17-12-7-13-25-17/h7,12-16H,2-6,8-11H2,1H3. The zero-order valence-corrected chi connectivity index (χ0v) is 16.9. The third-order valence-electron chi connectivity index (χ3n) is 5.90. The van der Waals surface area contributed by atoms with Crippen molar-refractivity contribution in [2.45, 2.75) is 74.8 Å². The number of sulfonamides is 1. The van der Waals surface area contributed by atoms with Crippen LogP contribution in [0.4, 0.5) is 0 Å². The Labute approximate surface area is 160 Å². The molecule has 2 aromatic rings. The highest BCUT2D eigenvalue weighted by Crippen LogP contribution is 2.36. The van der Waals surface area contributed by atoms with E-state index in [0.717, 1.165) is 43.4 Å². The molecule has 4 rings (SSSR count). The Hall–Kier alpha value is -1.18. The van der Waals surface area contributed by atoms with E-state index in [1.807, 2.05) is 22.2 Å². The lowest BCUT2D eigenvalue weighted by Crippen LogP contribution is -2.38. The minimum absolute atomic E-state index is 0.111. The van der Waals surface area contributed by atoms with E-state index in [0.29, 0.717) is 16.6 Å². The van der Waals surface area contributed by atoms with Gasteiger partial charge < -0.3 is 0 Å². The highest BCUT2D eigenvalue weighted by atomic mass is 32.2. The average molecular weight is 394 g/mol. The molecule has 0 bridgehead atoms. The first-order chi connectivity index (χ1) is 12.6.